The minimum absolute atomic E-state index is 0.0335. The van der Waals surface area contributed by atoms with Gasteiger partial charge in [-0.1, -0.05) is 19.1 Å². The lowest BCUT2D eigenvalue weighted by molar-refractivity contribution is 0.103. The second kappa shape index (κ2) is 6.38. The van der Waals surface area contributed by atoms with Crippen molar-refractivity contribution in [2.45, 2.75) is 13.3 Å². The molecule has 4 heteroatoms. The molecule has 1 aromatic carbocycles. The van der Waals surface area contributed by atoms with Crippen LogP contribution in [-0.2, 0) is 0 Å². The molecule has 0 fully saturated rings. The molecular formula is C15H16O3S. The average Bonchev–Trinajstić information content (AvgIpc) is 2.93. The molecule has 100 valence electrons. The lowest BCUT2D eigenvalue weighted by Crippen LogP contribution is -2.02. The van der Waals surface area contributed by atoms with Crippen LogP contribution in [0.15, 0.2) is 35.7 Å². The third-order valence-corrected chi connectivity index (χ3v) is 3.52. The molecule has 0 saturated carbocycles. The smallest absolute Gasteiger partial charge is 0.206 e. The van der Waals surface area contributed by atoms with Crippen LogP contribution in [0.1, 0.15) is 28.6 Å². The first-order valence-electron chi connectivity index (χ1n) is 6.15. The Hall–Kier alpha value is -1.81. The lowest BCUT2D eigenvalue weighted by Gasteiger charge is -2.06. The minimum atomic E-state index is -0.0335. The van der Waals surface area contributed by atoms with Crippen LogP contribution in [0.25, 0.3) is 0 Å². The molecule has 1 heterocycles. The topological polar surface area (TPSA) is 35.5 Å². The fraction of sp³-hybridized carbons (Fsp3) is 0.267. The third kappa shape index (κ3) is 3.15. The van der Waals surface area contributed by atoms with Crippen molar-refractivity contribution in [3.8, 4) is 11.5 Å². The molecule has 3 nitrogen and oxygen atoms in total. The Morgan fingerprint density at radius 2 is 2.16 bits per heavy atom. The maximum absolute atomic E-state index is 12.4. The summed E-state index contributed by atoms with van der Waals surface area (Å²) >= 11 is 1.39. The van der Waals surface area contributed by atoms with Crippen molar-refractivity contribution in [3.63, 3.8) is 0 Å². The van der Waals surface area contributed by atoms with E-state index in [9.17, 15) is 4.79 Å². The van der Waals surface area contributed by atoms with E-state index in [4.69, 9.17) is 9.47 Å². The SMILES string of the molecule is CCCOc1cccc(C(=O)c2sccc2OC)c1. The van der Waals surface area contributed by atoms with Gasteiger partial charge in [-0.2, -0.15) is 0 Å². The zero-order valence-electron chi connectivity index (χ0n) is 11.0. The number of rotatable bonds is 6. The fourth-order valence-corrected chi connectivity index (χ4v) is 2.52. The number of carbonyl (C=O) groups is 1. The highest BCUT2D eigenvalue weighted by Crippen LogP contribution is 2.28. The third-order valence-electron chi connectivity index (χ3n) is 2.62. The van der Waals surface area contributed by atoms with Crippen molar-refractivity contribution in [2.24, 2.45) is 0 Å². The van der Waals surface area contributed by atoms with Gasteiger partial charge in [0.05, 0.1) is 13.7 Å². The summed E-state index contributed by atoms with van der Waals surface area (Å²) in [5.41, 5.74) is 0.620. The van der Waals surface area contributed by atoms with Gasteiger partial charge >= 0.3 is 0 Å². The summed E-state index contributed by atoms with van der Waals surface area (Å²) in [5.74, 6) is 1.31. The molecule has 0 unspecified atom stereocenters. The van der Waals surface area contributed by atoms with Gasteiger partial charge in [-0.15, -0.1) is 11.3 Å². The quantitative estimate of drug-likeness (QED) is 0.753. The Morgan fingerprint density at radius 1 is 1.32 bits per heavy atom. The number of carbonyl (C=O) groups excluding carboxylic acids is 1. The number of methoxy groups -OCH3 is 1. The van der Waals surface area contributed by atoms with Crippen LogP contribution in [-0.4, -0.2) is 19.5 Å². The molecule has 0 aliphatic heterocycles. The monoisotopic (exact) mass is 276 g/mol. The van der Waals surface area contributed by atoms with Crippen LogP contribution in [0.2, 0.25) is 0 Å². The molecule has 0 amide bonds. The van der Waals surface area contributed by atoms with Crippen molar-refractivity contribution < 1.29 is 14.3 Å². The summed E-state index contributed by atoms with van der Waals surface area (Å²) < 4.78 is 10.7. The predicted octanol–water partition coefficient (Wildman–Crippen LogP) is 3.78. The number of thiophene rings is 1. The first-order chi connectivity index (χ1) is 9.26. The minimum Gasteiger partial charge on any atom is -0.495 e. The molecule has 0 atom stereocenters. The van der Waals surface area contributed by atoms with Crippen molar-refractivity contribution >= 4 is 17.1 Å². The molecule has 0 bridgehead atoms. The average molecular weight is 276 g/mol. The van der Waals surface area contributed by atoms with Crippen LogP contribution >= 0.6 is 11.3 Å². The van der Waals surface area contributed by atoms with Crippen LogP contribution in [0, 0.1) is 0 Å². The van der Waals surface area contributed by atoms with Gasteiger partial charge in [0, 0.05) is 5.56 Å². The Bertz CT molecular complexity index is 560. The maximum atomic E-state index is 12.4. The summed E-state index contributed by atoms with van der Waals surface area (Å²) in [6, 6.07) is 9.06. The van der Waals surface area contributed by atoms with Crippen LogP contribution in [0.5, 0.6) is 11.5 Å². The Balaban J connectivity index is 2.24. The van der Waals surface area contributed by atoms with Crippen LogP contribution in [0.4, 0.5) is 0 Å². The number of hydrogen-bond acceptors (Lipinski definition) is 4. The molecule has 0 N–H and O–H groups in total. The number of ether oxygens (including phenoxy) is 2. The van der Waals surface area contributed by atoms with Gasteiger partial charge in [-0.05, 0) is 30.0 Å². The normalized spacial score (nSPS) is 10.2. The van der Waals surface area contributed by atoms with E-state index >= 15 is 0 Å². The summed E-state index contributed by atoms with van der Waals surface area (Å²) in [6.07, 6.45) is 0.941. The molecule has 2 rings (SSSR count). The maximum Gasteiger partial charge on any atom is 0.206 e. The fourth-order valence-electron chi connectivity index (χ4n) is 1.70. The van der Waals surface area contributed by atoms with E-state index in [-0.39, 0.29) is 5.78 Å². The van der Waals surface area contributed by atoms with E-state index in [1.165, 1.54) is 11.3 Å². The molecular weight excluding hydrogens is 260 g/mol. The molecule has 0 aliphatic rings. The molecule has 0 spiro atoms. The largest absolute Gasteiger partial charge is 0.495 e. The van der Waals surface area contributed by atoms with E-state index in [1.54, 1.807) is 25.3 Å². The summed E-state index contributed by atoms with van der Waals surface area (Å²) in [6.45, 7) is 2.70. The Kier molecular flexibility index (Phi) is 4.58. The van der Waals surface area contributed by atoms with E-state index in [0.717, 1.165) is 12.2 Å². The molecule has 2 aromatic rings. The molecule has 0 aliphatic carbocycles. The number of hydrogen-bond donors (Lipinski definition) is 0. The van der Waals surface area contributed by atoms with Gasteiger partial charge in [-0.3, -0.25) is 4.79 Å². The highest BCUT2D eigenvalue weighted by molar-refractivity contribution is 7.12. The van der Waals surface area contributed by atoms with Crippen molar-refractivity contribution in [1.82, 2.24) is 0 Å². The standard InChI is InChI=1S/C15H16O3S/c1-3-8-18-12-6-4-5-11(10-12)14(16)15-13(17-2)7-9-19-15/h4-7,9-10H,3,8H2,1-2H3. The first-order valence-corrected chi connectivity index (χ1v) is 7.03. The predicted molar refractivity (Wildman–Crippen MR) is 76.5 cm³/mol. The zero-order chi connectivity index (χ0) is 13.7. The highest BCUT2D eigenvalue weighted by Gasteiger charge is 2.16. The lowest BCUT2D eigenvalue weighted by atomic mass is 10.1. The summed E-state index contributed by atoms with van der Waals surface area (Å²) in [4.78, 5) is 13.0. The Morgan fingerprint density at radius 3 is 2.89 bits per heavy atom. The molecule has 19 heavy (non-hydrogen) atoms. The van der Waals surface area contributed by atoms with Gasteiger partial charge in [0.1, 0.15) is 16.4 Å². The van der Waals surface area contributed by atoms with E-state index in [1.807, 2.05) is 24.4 Å². The van der Waals surface area contributed by atoms with Gasteiger partial charge in [0.15, 0.2) is 0 Å². The van der Waals surface area contributed by atoms with Gasteiger partial charge in [-0.25, -0.2) is 0 Å². The van der Waals surface area contributed by atoms with Crippen LogP contribution < -0.4 is 9.47 Å². The summed E-state index contributed by atoms with van der Waals surface area (Å²) in [7, 11) is 1.57. The molecule has 0 saturated heterocycles. The van der Waals surface area contributed by atoms with E-state index in [0.29, 0.717) is 22.8 Å². The summed E-state index contributed by atoms with van der Waals surface area (Å²) in [5, 5.41) is 1.85. The van der Waals surface area contributed by atoms with Crippen LogP contribution in [0.3, 0.4) is 0 Å². The van der Waals surface area contributed by atoms with Crippen molar-refractivity contribution in [3.05, 3.63) is 46.2 Å². The van der Waals surface area contributed by atoms with E-state index < -0.39 is 0 Å². The van der Waals surface area contributed by atoms with E-state index in [2.05, 4.69) is 0 Å². The van der Waals surface area contributed by atoms with Crippen molar-refractivity contribution in [2.75, 3.05) is 13.7 Å². The second-order valence-corrected chi connectivity index (χ2v) is 4.94. The first kappa shape index (κ1) is 13.6. The number of ketones is 1. The Labute approximate surface area is 116 Å². The van der Waals surface area contributed by atoms with Gasteiger partial charge in [0.2, 0.25) is 5.78 Å². The molecule has 0 radical (unpaired) electrons. The second-order valence-electron chi connectivity index (χ2n) is 4.02. The number of benzene rings is 1. The highest BCUT2D eigenvalue weighted by atomic mass is 32.1. The molecule has 1 aromatic heterocycles. The van der Waals surface area contributed by atoms with Crippen molar-refractivity contribution in [1.29, 1.82) is 0 Å². The van der Waals surface area contributed by atoms with Gasteiger partial charge < -0.3 is 9.47 Å². The van der Waals surface area contributed by atoms with Gasteiger partial charge in [0.25, 0.3) is 0 Å². The zero-order valence-corrected chi connectivity index (χ0v) is 11.8.